The fourth-order valence-corrected chi connectivity index (χ4v) is 5.18. The molecule has 0 fully saturated rings. The predicted molar refractivity (Wildman–Crippen MR) is 133 cm³/mol. The number of carboxylic acid groups (broad SMARTS) is 1. The van der Waals surface area contributed by atoms with Crippen LogP contribution in [0.25, 0.3) is 28.2 Å². The first-order chi connectivity index (χ1) is 17.5. The van der Waals surface area contributed by atoms with Gasteiger partial charge < -0.3 is 5.11 Å². The summed E-state index contributed by atoms with van der Waals surface area (Å²) in [4.78, 5) is 29.2. The van der Waals surface area contributed by atoms with Gasteiger partial charge in [-0.3, -0.25) is 4.79 Å². The molecule has 2 aromatic heterocycles. The molecule has 0 aliphatic heterocycles. The zero-order chi connectivity index (χ0) is 25.2. The number of hydrogen-bond acceptors (Lipinski definition) is 7. The Labute approximate surface area is 210 Å². The normalized spacial score (nSPS) is 14.0. The number of H-pyrrole nitrogens is 1. The number of carbonyl (C=O) groups is 2. The second-order valence-corrected chi connectivity index (χ2v) is 9.40. The Morgan fingerprint density at radius 1 is 1.11 bits per heavy atom. The molecule has 0 saturated carbocycles. The predicted octanol–water partition coefficient (Wildman–Crippen LogP) is 3.64. The highest BCUT2D eigenvalue weighted by Crippen LogP contribution is 2.33. The number of benzene rings is 2. The third kappa shape index (κ3) is 4.40. The Hall–Kier alpha value is -4.25. The molecule has 2 N–H and O–H groups in total. The van der Waals surface area contributed by atoms with Gasteiger partial charge in [-0.15, -0.1) is 10.2 Å². The van der Waals surface area contributed by atoms with E-state index in [1.54, 1.807) is 4.68 Å². The molecule has 0 spiro atoms. The van der Waals surface area contributed by atoms with E-state index in [0.29, 0.717) is 36.3 Å². The molecule has 0 radical (unpaired) electrons. The fraction of sp³-hybridized carbons (Fsp3) is 0.240. The SMILES string of the molecule is CCc1nn(-c2ccc(-c3ccccc3-c3nn[nH]n3)c(C)c2)c(=NC(=O)C2=C(C(=O)O)CCC2)s1. The van der Waals surface area contributed by atoms with Crippen LogP contribution in [0.2, 0.25) is 0 Å². The van der Waals surface area contributed by atoms with Gasteiger partial charge in [-0.25, -0.2) is 9.48 Å². The van der Waals surface area contributed by atoms with Gasteiger partial charge in [0.25, 0.3) is 5.91 Å². The second-order valence-electron chi connectivity index (χ2n) is 8.36. The first-order valence-electron chi connectivity index (χ1n) is 11.5. The van der Waals surface area contributed by atoms with Crippen molar-refractivity contribution in [3.8, 4) is 28.2 Å². The number of tetrazole rings is 1. The highest BCUT2D eigenvalue weighted by atomic mass is 32.1. The smallest absolute Gasteiger partial charge is 0.332 e. The topological polar surface area (TPSA) is 139 Å². The van der Waals surface area contributed by atoms with Crippen molar-refractivity contribution >= 4 is 23.2 Å². The van der Waals surface area contributed by atoms with Gasteiger partial charge in [0.1, 0.15) is 5.01 Å². The molecule has 1 aliphatic carbocycles. The maximum Gasteiger partial charge on any atom is 0.332 e. The molecular formula is C25H23N7O3S. The molecule has 5 rings (SSSR count). The first kappa shape index (κ1) is 23.5. The average Bonchev–Trinajstić information content (AvgIpc) is 3.65. The monoisotopic (exact) mass is 501 g/mol. The van der Waals surface area contributed by atoms with Crippen LogP contribution in [0, 0.1) is 6.92 Å². The van der Waals surface area contributed by atoms with Crippen LogP contribution in [-0.2, 0) is 16.0 Å². The van der Waals surface area contributed by atoms with E-state index in [2.05, 4.69) is 30.7 Å². The lowest BCUT2D eigenvalue weighted by atomic mass is 9.95. The summed E-state index contributed by atoms with van der Waals surface area (Å²) in [6.07, 6.45) is 2.15. The Balaban J connectivity index is 1.57. The third-order valence-electron chi connectivity index (χ3n) is 6.09. The molecule has 0 atom stereocenters. The third-order valence-corrected chi connectivity index (χ3v) is 7.15. The van der Waals surface area contributed by atoms with E-state index in [4.69, 9.17) is 0 Å². The van der Waals surface area contributed by atoms with E-state index < -0.39 is 11.9 Å². The molecular weight excluding hydrogens is 478 g/mol. The molecule has 182 valence electrons. The van der Waals surface area contributed by atoms with Crippen LogP contribution in [0.4, 0.5) is 0 Å². The van der Waals surface area contributed by atoms with Gasteiger partial charge in [-0.2, -0.15) is 15.3 Å². The molecule has 36 heavy (non-hydrogen) atoms. The Morgan fingerprint density at radius 2 is 1.89 bits per heavy atom. The van der Waals surface area contributed by atoms with Crippen molar-refractivity contribution in [1.29, 1.82) is 0 Å². The number of carboxylic acids is 1. The molecule has 2 aromatic carbocycles. The van der Waals surface area contributed by atoms with Crippen LogP contribution < -0.4 is 4.80 Å². The number of nitrogens with zero attached hydrogens (tertiary/aromatic N) is 6. The number of amides is 1. The summed E-state index contributed by atoms with van der Waals surface area (Å²) in [5.74, 6) is -1.05. The van der Waals surface area contributed by atoms with Crippen LogP contribution in [0.1, 0.15) is 36.8 Å². The van der Waals surface area contributed by atoms with Crippen molar-refractivity contribution in [1.82, 2.24) is 30.4 Å². The molecule has 0 saturated heterocycles. The van der Waals surface area contributed by atoms with Gasteiger partial charge >= 0.3 is 5.97 Å². The van der Waals surface area contributed by atoms with E-state index in [9.17, 15) is 14.7 Å². The van der Waals surface area contributed by atoms with Crippen LogP contribution in [0.3, 0.4) is 0 Å². The Kier molecular flexibility index (Phi) is 6.38. The van der Waals surface area contributed by atoms with Crippen LogP contribution >= 0.6 is 11.3 Å². The number of nitrogens with one attached hydrogen (secondary N) is 1. The number of aromatic amines is 1. The minimum absolute atomic E-state index is 0.163. The summed E-state index contributed by atoms with van der Waals surface area (Å²) in [5.41, 5.74) is 5.02. The molecule has 10 nitrogen and oxygen atoms in total. The van der Waals surface area contributed by atoms with Gasteiger partial charge in [0.15, 0.2) is 0 Å². The summed E-state index contributed by atoms with van der Waals surface area (Å²) in [7, 11) is 0. The molecule has 4 aromatic rings. The summed E-state index contributed by atoms with van der Waals surface area (Å²) >= 11 is 1.33. The number of hydrogen-bond donors (Lipinski definition) is 2. The zero-order valence-corrected chi connectivity index (χ0v) is 20.5. The maximum atomic E-state index is 12.9. The Bertz CT molecular complexity index is 1560. The first-order valence-corrected chi connectivity index (χ1v) is 12.4. The van der Waals surface area contributed by atoms with Crippen molar-refractivity contribution in [3.05, 3.63) is 69.0 Å². The number of rotatable bonds is 6. The van der Waals surface area contributed by atoms with Crippen molar-refractivity contribution in [2.45, 2.75) is 39.5 Å². The lowest BCUT2D eigenvalue weighted by Gasteiger charge is -2.12. The van der Waals surface area contributed by atoms with Crippen molar-refractivity contribution in [3.63, 3.8) is 0 Å². The van der Waals surface area contributed by atoms with Gasteiger partial charge in [-0.1, -0.05) is 48.6 Å². The zero-order valence-electron chi connectivity index (χ0n) is 19.7. The number of aliphatic carboxylic acids is 1. The van der Waals surface area contributed by atoms with Gasteiger partial charge in [0, 0.05) is 16.7 Å². The minimum atomic E-state index is -1.05. The Morgan fingerprint density at radius 3 is 2.58 bits per heavy atom. The van der Waals surface area contributed by atoms with Gasteiger partial charge in [0.2, 0.25) is 10.6 Å². The summed E-state index contributed by atoms with van der Waals surface area (Å²) in [6.45, 7) is 3.99. The lowest BCUT2D eigenvalue weighted by molar-refractivity contribution is -0.133. The van der Waals surface area contributed by atoms with Gasteiger partial charge in [0.05, 0.1) is 5.69 Å². The van der Waals surface area contributed by atoms with Crippen molar-refractivity contribution < 1.29 is 14.7 Å². The van der Waals surface area contributed by atoms with Crippen molar-refractivity contribution in [2.24, 2.45) is 4.99 Å². The highest BCUT2D eigenvalue weighted by Gasteiger charge is 2.25. The van der Waals surface area contributed by atoms with Crippen LogP contribution in [0.5, 0.6) is 0 Å². The second kappa shape index (κ2) is 9.78. The molecule has 0 bridgehead atoms. The van der Waals surface area contributed by atoms with Crippen LogP contribution in [0.15, 0.2) is 58.6 Å². The highest BCUT2D eigenvalue weighted by molar-refractivity contribution is 7.08. The number of aryl methyl sites for hydroxylation is 2. The van der Waals surface area contributed by atoms with E-state index in [-0.39, 0.29) is 11.1 Å². The maximum absolute atomic E-state index is 12.9. The van der Waals surface area contributed by atoms with Crippen LogP contribution in [-0.4, -0.2) is 47.4 Å². The molecule has 11 heteroatoms. The quantitative estimate of drug-likeness (QED) is 0.411. The summed E-state index contributed by atoms with van der Waals surface area (Å²) in [6, 6.07) is 13.8. The summed E-state index contributed by atoms with van der Waals surface area (Å²) < 4.78 is 1.65. The van der Waals surface area contributed by atoms with E-state index >= 15 is 0 Å². The minimum Gasteiger partial charge on any atom is -0.478 e. The van der Waals surface area contributed by atoms with Crippen molar-refractivity contribution in [2.75, 3.05) is 0 Å². The average molecular weight is 502 g/mol. The van der Waals surface area contributed by atoms with Gasteiger partial charge in [-0.05, 0) is 66.6 Å². The number of carbonyl (C=O) groups excluding carboxylic acids is 1. The summed E-state index contributed by atoms with van der Waals surface area (Å²) in [5, 5.41) is 29.3. The van der Waals surface area contributed by atoms with E-state index in [0.717, 1.165) is 32.9 Å². The van der Waals surface area contributed by atoms with E-state index in [1.165, 1.54) is 11.3 Å². The molecule has 1 amide bonds. The van der Waals surface area contributed by atoms with E-state index in [1.807, 2.05) is 56.3 Å². The fourth-order valence-electron chi connectivity index (χ4n) is 4.35. The lowest BCUT2D eigenvalue weighted by Crippen LogP contribution is -2.18. The largest absolute Gasteiger partial charge is 0.478 e. The molecule has 1 aliphatic rings. The molecule has 0 unspecified atom stereocenters. The standard InChI is InChI=1S/C25H23N7O3S/c1-3-21-29-32(25(36-21)26-23(33)19-9-6-10-20(19)24(34)35)15-11-12-16(14(2)13-15)17-7-4-5-8-18(17)22-27-30-31-28-22/h4-5,7-8,11-13H,3,6,9-10H2,1-2H3,(H,34,35)(H,27,28,30,31). The number of aromatic nitrogens is 6. The molecule has 2 heterocycles.